The van der Waals surface area contributed by atoms with Crippen molar-refractivity contribution < 1.29 is 9.59 Å². The maximum atomic E-state index is 12.4. The summed E-state index contributed by atoms with van der Waals surface area (Å²) < 4.78 is 0. The summed E-state index contributed by atoms with van der Waals surface area (Å²) in [5.41, 5.74) is 6.59. The molecule has 0 bridgehead atoms. The van der Waals surface area contributed by atoms with Crippen LogP contribution in [0.4, 0.5) is 0 Å². The van der Waals surface area contributed by atoms with Crippen LogP contribution < -0.4 is 5.73 Å². The summed E-state index contributed by atoms with van der Waals surface area (Å²) in [7, 11) is 0. The lowest BCUT2D eigenvalue weighted by Gasteiger charge is -2.24. The molecule has 5 nitrogen and oxygen atoms in total. The highest BCUT2D eigenvalue weighted by molar-refractivity contribution is 5.89. The molecule has 1 heterocycles. The van der Waals surface area contributed by atoms with Crippen LogP contribution in [0.2, 0.25) is 0 Å². The van der Waals surface area contributed by atoms with E-state index in [1.54, 1.807) is 0 Å². The van der Waals surface area contributed by atoms with Gasteiger partial charge in [0.15, 0.2) is 0 Å². The molecule has 0 unspecified atom stereocenters. The third kappa shape index (κ3) is 4.48. The molecule has 6 heteroatoms. The predicted molar refractivity (Wildman–Crippen MR) is 95.9 cm³/mol. The Hall–Kier alpha value is -1.59. The summed E-state index contributed by atoms with van der Waals surface area (Å²) >= 11 is 0. The number of hydrogen-bond acceptors (Lipinski definition) is 3. The van der Waals surface area contributed by atoms with Crippen molar-refractivity contribution in [1.82, 2.24) is 9.80 Å². The van der Waals surface area contributed by atoms with Gasteiger partial charge in [0.1, 0.15) is 0 Å². The van der Waals surface area contributed by atoms with Gasteiger partial charge >= 0.3 is 0 Å². The Balaban J connectivity index is 0.00000208. The number of carbonyl (C=O) groups excluding carboxylic acids is 2. The van der Waals surface area contributed by atoms with E-state index in [1.165, 1.54) is 5.56 Å². The van der Waals surface area contributed by atoms with Crippen LogP contribution in [0, 0.1) is 0 Å². The van der Waals surface area contributed by atoms with E-state index in [1.807, 2.05) is 40.1 Å². The first kappa shape index (κ1) is 18.7. The van der Waals surface area contributed by atoms with Crippen molar-refractivity contribution in [1.29, 1.82) is 0 Å². The minimum Gasteiger partial charge on any atom is -0.341 e. The van der Waals surface area contributed by atoms with Gasteiger partial charge < -0.3 is 15.5 Å². The number of carbonyl (C=O) groups is 2. The van der Waals surface area contributed by atoms with Crippen molar-refractivity contribution in [3.05, 3.63) is 35.9 Å². The van der Waals surface area contributed by atoms with Crippen LogP contribution in [-0.2, 0) is 16.0 Å². The van der Waals surface area contributed by atoms with E-state index in [-0.39, 0.29) is 24.2 Å². The highest BCUT2D eigenvalue weighted by Crippen LogP contribution is 2.34. The van der Waals surface area contributed by atoms with Crippen molar-refractivity contribution in [2.45, 2.75) is 37.6 Å². The Kier molecular flexibility index (Phi) is 6.24. The zero-order valence-electron chi connectivity index (χ0n) is 13.9. The molecule has 0 spiro atoms. The second-order valence-corrected chi connectivity index (χ2v) is 6.67. The Morgan fingerprint density at radius 3 is 2.29 bits per heavy atom. The quantitative estimate of drug-likeness (QED) is 0.895. The molecule has 0 aromatic heterocycles. The van der Waals surface area contributed by atoms with Crippen molar-refractivity contribution in [3.8, 4) is 0 Å². The third-order valence-corrected chi connectivity index (χ3v) is 4.82. The van der Waals surface area contributed by atoms with E-state index in [0.29, 0.717) is 26.1 Å². The first-order valence-corrected chi connectivity index (χ1v) is 8.48. The lowest BCUT2D eigenvalue weighted by atomic mass is 10.1. The zero-order valence-corrected chi connectivity index (χ0v) is 14.8. The van der Waals surface area contributed by atoms with E-state index >= 15 is 0 Å². The number of rotatable bonds is 4. The fraction of sp³-hybridized carbons (Fsp3) is 0.556. The van der Waals surface area contributed by atoms with Gasteiger partial charge in [0.05, 0.1) is 5.54 Å². The van der Waals surface area contributed by atoms with Crippen LogP contribution in [0.5, 0.6) is 0 Å². The van der Waals surface area contributed by atoms with Crippen molar-refractivity contribution in [2.24, 2.45) is 5.73 Å². The van der Waals surface area contributed by atoms with Crippen LogP contribution in [0.1, 0.15) is 31.2 Å². The largest absolute Gasteiger partial charge is 0.341 e. The van der Waals surface area contributed by atoms with E-state index in [4.69, 9.17) is 5.73 Å². The normalized spacial score (nSPS) is 19.2. The van der Waals surface area contributed by atoms with E-state index in [2.05, 4.69) is 0 Å². The number of benzene rings is 1. The first-order valence-electron chi connectivity index (χ1n) is 8.48. The van der Waals surface area contributed by atoms with Gasteiger partial charge in [-0.3, -0.25) is 9.59 Å². The van der Waals surface area contributed by atoms with Gasteiger partial charge in [-0.2, -0.15) is 0 Å². The maximum Gasteiger partial charge on any atom is 0.242 e. The summed E-state index contributed by atoms with van der Waals surface area (Å²) in [6.45, 7) is 2.67. The van der Waals surface area contributed by atoms with Gasteiger partial charge in [-0.1, -0.05) is 30.3 Å². The zero-order chi connectivity index (χ0) is 16.3. The molecule has 1 aromatic carbocycles. The van der Waals surface area contributed by atoms with E-state index < -0.39 is 5.54 Å². The molecule has 3 rings (SSSR count). The predicted octanol–water partition coefficient (Wildman–Crippen LogP) is 1.59. The number of hydrogen-bond donors (Lipinski definition) is 1. The SMILES string of the molecule is Cl.NC1(C(=O)N2CCCN(C(=O)CCc3ccccc3)CC2)CC1. The number of halogens is 1. The molecule has 132 valence electrons. The lowest BCUT2D eigenvalue weighted by molar-refractivity contribution is -0.135. The van der Waals surface area contributed by atoms with Gasteiger partial charge in [-0.25, -0.2) is 0 Å². The average Bonchev–Trinajstić information content (AvgIpc) is 3.36. The topological polar surface area (TPSA) is 66.6 Å². The summed E-state index contributed by atoms with van der Waals surface area (Å²) in [5.74, 6) is 0.244. The van der Waals surface area contributed by atoms with Crippen LogP contribution in [0.3, 0.4) is 0 Å². The summed E-state index contributed by atoms with van der Waals surface area (Å²) in [6, 6.07) is 10.1. The fourth-order valence-electron chi connectivity index (χ4n) is 3.09. The van der Waals surface area contributed by atoms with Gasteiger partial charge in [0.2, 0.25) is 11.8 Å². The molecule has 1 aliphatic carbocycles. The summed E-state index contributed by atoms with van der Waals surface area (Å²) in [4.78, 5) is 28.5. The smallest absolute Gasteiger partial charge is 0.242 e. The number of aryl methyl sites for hydroxylation is 1. The Morgan fingerprint density at radius 2 is 1.62 bits per heavy atom. The highest BCUT2D eigenvalue weighted by atomic mass is 35.5. The van der Waals surface area contributed by atoms with E-state index in [9.17, 15) is 9.59 Å². The minimum absolute atomic E-state index is 0. The molecule has 1 saturated carbocycles. The summed E-state index contributed by atoms with van der Waals surface area (Å²) in [5, 5.41) is 0. The molecule has 2 aliphatic rings. The summed E-state index contributed by atoms with van der Waals surface area (Å²) in [6.07, 6.45) is 3.71. The second-order valence-electron chi connectivity index (χ2n) is 6.67. The molecular weight excluding hydrogens is 326 g/mol. The van der Waals surface area contributed by atoms with Crippen LogP contribution in [-0.4, -0.2) is 53.3 Å². The molecule has 2 amide bonds. The third-order valence-electron chi connectivity index (χ3n) is 4.82. The van der Waals surface area contributed by atoms with Crippen LogP contribution in [0.15, 0.2) is 30.3 Å². The Bertz CT molecular complexity index is 575. The molecule has 0 atom stereocenters. The second kappa shape index (κ2) is 7.99. The number of amides is 2. The first-order chi connectivity index (χ1) is 11.1. The maximum absolute atomic E-state index is 12.4. The van der Waals surface area contributed by atoms with Gasteiger partial charge in [0.25, 0.3) is 0 Å². The van der Waals surface area contributed by atoms with Gasteiger partial charge in [-0.15, -0.1) is 12.4 Å². The van der Waals surface area contributed by atoms with Gasteiger partial charge in [-0.05, 0) is 31.2 Å². The van der Waals surface area contributed by atoms with Crippen molar-refractivity contribution in [3.63, 3.8) is 0 Å². The van der Waals surface area contributed by atoms with Gasteiger partial charge in [0, 0.05) is 32.6 Å². The van der Waals surface area contributed by atoms with Crippen LogP contribution >= 0.6 is 12.4 Å². The lowest BCUT2D eigenvalue weighted by Crippen LogP contribution is -2.47. The minimum atomic E-state index is -0.605. The number of nitrogens with zero attached hydrogens (tertiary/aromatic N) is 2. The van der Waals surface area contributed by atoms with Crippen molar-refractivity contribution >= 4 is 24.2 Å². The Labute approximate surface area is 149 Å². The van der Waals surface area contributed by atoms with E-state index in [0.717, 1.165) is 32.2 Å². The molecular formula is C18H26ClN3O2. The monoisotopic (exact) mass is 351 g/mol. The highest BCUT2D eigenvalue weighted by Gasteiger charge is 2.48. The molecule has 2 fully saturated rings. The molecule has 1 aromatic rings. The standard InChI is InChI=1S/C18H25N3O2.ClH/c19-18(9-10-18)17(23)21-12-4-11-20(13-14-21)16(22)8-7-15-5-2-1-3-6-15;/h1-3,5-6H,4,7-14,19H2;1H. The molecule has 0 radical (unpaired) electrons. The van der Waals surface area contributed by atoms with Crippen molar-refractivity contribution in [2.75, 3.05) is 26.2 Å². The molecule has 1 aliphatic heterocycles. The average molecular weight is 352 g/mol. The fourth-order valence-corrected chi connectivity index (χ4v) is 3.09. The number of nitrogens with two attached hydrogens (primary N) is 1. The molecule has 24 heavy (non-hydrogen) atoms. The molecule has 1 saturated heterocycles. The molecule has 2 N–H and O–H groups in total. The van der Waals surface area contributed by atoms with Crippen LogP contribution in [0.25, 0.3) is 0 Å². The Morgan fingerprint density at radius 1 is 1.00 bits per heavy atom.